The van der Waals surface area contributed by atoms with Crippen LogP contribution in [0.25, 0.3) is 0 Å². The molecule has 0 saturated heterocycles. The molecular formula is C10H14ClNO4. The number of hydrogen-bond acceptors (Lipinski definition) is 5. The molecule has 0 aliphatic heterocycles. The normalized spacial score (nSPS) is 12.3. The highest BCUT2D eigenvalue weighted by Crippen LogP contribution is 2.44. The Kier molecular flexibility index (Phi) is 4.23. The number of hydrogen-bond donors (Lipinski definition) is 3. The van der Waals surface area contributed by atoms with Crippen molar-refractivity contribution in [3.8, 4) is 17.2 Å². The largest absolute Gasteiger partial charge is 0.506 e. The summed E-state index contributed by atoms with van der Waals surface area (Å²) in [6.07, 6.45) is -1.07. The molecule has 0 fully saturated rings. The predicted octanol–water partition coefficient (Wildman–Crippen LogP) is 1.05. The second kappa shape index (κ2) is 5.25. The van der Waals surface area contributed by atoms with Crippen LogP contribution in [-0.2, 0) is 0 Å². The summed E-state index contributed by atoms with van der Waals surface area (Å²) in [7, 11) is 2.84. The molecule has 1 rings (SSSR count). The van der Waals surface area contributed by atoms with Crippen molar-refractivity contribution in [2.24, 2.45) is 5.73 Å². The highest BCUT2D eigenvalue weighted by molar-refractivity contribution is 6.32. The molecule has 0 spiro atoms. The van der Waals surface area contributed by atoms with Gasteiger partial charge in [0.2, 0.25) is 0 Å². The summed E-state index contributed by atoms with van der Waals surface area (Å²) in [5.41, 5.74) is 5.47. The fraction of sp³-hybridized carbons (Fsp3) is 0.400. The lowest BCUT2D eigenvalue weighted by Crippen LogP contribution is -2.13. The van der Waals surface area contributed by atoms with Crippen molar-refractivity contribution in [2.75, 3.05) is 20.8 Å². The van der Waals surface area contributed by atoms with E-state index in [1.807, 2.05) is 0 Å². The third-order valence-corrected chi connectivity index (χ3v) is 2.48. The number of halogens is 1. The Morgan fingerprint density at radius 3 is 2.50 bits per heavy atom. The van der Waals surface area contributed by atoms with Gasteiger partial charge in [0, 0.05) is 12.6 Å². The first kappa shape index (κ1) is 12.9. The minimum absolute atomic E-state index is 0.0621. The number of benzene rings is 1. The van der Waals surface area contributed by atoms with Gasteiger partial charge in [-0.15, -0.1) is 0 Å². The van der Waals surface area contributed by atoms with Crippen molar-refractivity contribution >= 4 is 11.6 Å². The number of ether oxygens (including phenoxy) is 2. The zero-order valence-corrected chi connectivity index (χ0v) is 9.78. The van der Waals surface area contributed by atoms with Gasteiger partial charge in [-0.2, -0.15) is 0 Å². The van der Waals surface area contributed by atoms with Gasteiger partial charge in [-0.25, -0.2) is 0 Å². The molecule has 16 heavy (non-hydrogen) atoms. The number of phenolic OH excluding ortho intramolecular Hbond substituents is 1. The molecule has 6 heteroatoms. The topological polar surface area (TPSA) is 84.9 Å². The molecule has 1 aromatic rings. The van der Waals surface area contributed by atoms with Gasteiger partial charge in [0.15, 0.2) is 11.5 Å². The van der Waals surface area contributed by atoms with Crippen LogP contribution in [0.2, 0.25) is 5.02 Å². The summed E-state index contributed by atoms with van der Waals surface area (Å²) in [5, 5.41) is 19.5. The molecule has 0 amide bonds. The summed E-state index contributed by atoms with van der Waals surface area (Å²) < 4.78 is 10.1. The molecule has 90 valence electrons. The molecule has 0 aliphatic carbocycles. The lowest BCUT2D eigenvalue weighted by atomic mass is 10.1. The van der Waals surface area contributed by atoms with E-state index in [4.69, 9.17) is 26.8 Å². The SMILES string of the molecule is COc1cc(Cl)c(O)c(C(O)CN)c1OC. The molecule has 0 radical (unpaired) electrons. The van der Waals surface area contributed by atoms with Crippen molar-refractivity contribution in [3.63, 3.8) is 0 Å². The molecule has 0 heterocycles. The van der Waals surface area contributed by atoms with Crippen LogP contribution < -0.4 is 15.2 Å². The highest BCUT2D eigenvalue weighted by Gasteiger charge is 2.23. The van der Waals surface area contributed by atoms with Gasteiger partial charge in [-0.1, -0.05) is 11.6 Å². The maximum Gasteiger partial charge on any atom is 0.170 e. The molecule has 0 saturated carbocycles. The molecular weight excluding hydrogens is 234 g/mol. The van der Waals surface area contributed by atoms with Gasteiger partial charge in [-0.3, -0.25) is 0 Å². The van der Waals surface area contributed by atoms with E-state index in [0.29, 0.717) is 5.75 Å². The number of phenols is 1. The number of aliphatic hydroxyl groups excluding tert-OH is 1. The zero-order chi connectivity index (χ0) is 12.3. The average Bonchev–Trinajstić information content (AvgIpc) is 2.30. The van der Waals surface area contributed by atoms with Gasteiger partial charge in [0.05, 0.1) is 30.9 Å². The first-order chi connectivity index (χ1) is 7.56. The number of nitrogens with two attached hydrogens (primary N) is 1. The van der Waals surface area contributed by atoms with Gasteiger partial charge < -0.3 is 25.4 Å². The summed E-state index contributed by atoms with van der Waals surface area (Å²) in [5.74, 6) is 0.299. The van der Waals surface area contributed by atoms with E-state index < -0.39 is 6.10 Å². The Morgan fingerprint density at radius 2 is 2.06 bits per heavy atom. The van der Waals surface area contributed by atoms with Crippen molar-refractivity contribution in [1.82, 2.24) is 0 Å². The maximum absolute atomic E-state index is 9.75. The quantitative estimate of drug-likeness (QED) is 0.741. The molecule has 1 aromatic carbocycles. The van der Waals surface area contributed by atoms with E-state index in [1.165, 1.54) is 20.3 Å². The highest BCUT2D eigenvalue weighted by atomic mass is 35.5. The Balaban J connectivity index is 3.46. The van der Waals surface area contributed by atoms with Crippen LogP contribution in [0.4, 0.5) is 0 Å². The average molecular weight is 248 g/mol. The van der Waals surface area contributed by atoms with Gasteiger partial charge >= 0.3 is 0 Å². The molecule has 1 atom stereocenters. The van der Waals surface area contributed by atoms with E-state index in [9.17, 15) is 10.2 Å². The molecule has 5 nitrogen and oxygen atoms in total. The van der Waals surface area contributed by atoms with Crippen molar-refractivity contribution < 1.29 is 19.7 Å². The molecule has 4 N–H and O–H groups in total. The fourth-order valence-corrected chi connectivity index (χ4v) is 1.61. The van der Waals surface area contributed by atoms with Crippen LogP contribution >= 0.6 is 11.6 Å². The Labute approximate surface area is 98.3 Å². The first-order valence-electron chi connectivity index (χ1n) is 4.58. The minimum Gasteiger partial charge on any atom is -0.506 e. The van der Waals surface area contributed by atoms with Crippen LogP contribution in [0.15, 0.2) is 6.07 Å². The number of methoxy groups -OCH3 is 2. The van der Waals surface area contributed by atoms with Gasteiger partial charge in [0.25, 0.3) is 0 Å². The summed E-state index contributed by atoms with van der Waals surface area (Å²) in [6, 6.07) is 1.41. The van der Waals surface area contributed by atoms with E-state index in [2.05, 4.69) is 0 Å². The molecule has 0 aliphatic rings. The standard InChI is InChI=1S/C10H14ClNO4/c1-15-7-3-5(11)9(14)8(6(13)4-12)10(7)16-2/h3,6,13-14H,4,12H2,1-2H3. The lowest BCUT2D eigenvalue weighted by molar-refractivity contribution is 0.176. The number of rotatable bonds is 4. The van der Waals surface area contributed by atoms with Crippen LogP contribution in [0, 0.1) is 0 Å². The summed E-state index contributed by atoms with van der Waals surface area (Å²) in [6.45, 7) is -0.0621. The second-order valence-electron chi connectivity index (χ2n) is 3.11. The Bertz CT molecular complexity index is 384. The zero-order valence-electron chi connectivity index (χ0n) is 9.03. The first-order valence-corrected chi connectivity index (χ1v) is 4.96. The van der Waals surface area contributed by atoms with Gasteiger partial charge in [-0.05, 0) is 0 Å². The summed E-state index contributed by atoms with van der Waals surface area (Å²) in [4.78, 5) is 0. The fourth-order valence-electron chi connectivity index (χ4n) is 1.41. The smallest absolute Gasteiger partial charge is 0.170 e. The molecule has 1 unspecified atom stereocenters. The molecule has 0 aromatic heterocycles. The van der Waals surface area contributed by atoms with Gasteiger partial charge in [0.1, 0.15) is 5.75 Å². The summed E-state index contributed by atoms with van der Waals surface area (Å²) >= 11 is 5.79. The molecule has 0 bridgehead atoms. The van der Waals surface area contributed by atoms with Crippen LogP contribution in [-0.4, -0.2) is 31.0 Å². The Hall–Kier alpha value is -1.17. The third-order valence-electron chi connectivity index (χ3n) is 2.19. The lowest BCUT2D eigenvalue weighted by Gasteiger charge is -2.18. The van der Waals surface area contributed by atoms with Crippen LogP contribution in [0.3, 0.4) is 0 Å². The third kappa shape index (κ3) is 2.16. The Morgan fingerprint density at radius 1 is 1.44 bits per heavy atom. The number of aromatic hydroxyl groups is 1. The number of aliphatic hydroxyl groups is 1. The van der Waals surface area contributed by atoms with E-state index in [1.54, 1.807) is 0 Å². The van der Waals surface area contributed by atoms with E-state index >= 15 is 0 Å². The van der Waals surface area contributed by atoms with E-state index in [0.717, 1.165) is 0 Å². The van der Waals surface area contributed by atoms with Crippen LogP contribution in [0.5, 0.6) is 17.2 Å². The van der Waals surface area contributed by atoms with E-state index in [-0.39, 0.29) is 28.6 Å². The second-order valence-corrected chi connectivity index (χ2v) is 3.51. The minimum atomic E-state index is -1.07. The van der Waals surface area contributed by atoms with Crippen molar-refractivity contribution in [1.29, 1.82) is 0 Å². The maximum atomic E-state index is 9.75. The van der Waals surface area contributed by atoms with Crippen molar-refractivity contribution in [3.05, 3.63) is 16.7 Å². The van der Waals surface area contributed by atoms with Crippen molar-refractivity contribution in [2.45, 2.75) is 6.10 Å². The monoisotopic (exact) mass is 247 g/mol. The van der Waals surface area contributed by atoms with Crippen LogP contribution in [0.1, 0.15) is 11.7 Å². The predicted molar refractivity (Wildman–Crippen MR) is 60.2 cm³/mol.